The topological polar surface area (TPSA) is 29.5 Å². The Balaban J connectivity index is 2.83. The predicted octanol–water partition coefficient (Wildman–Crippen LogP) is 2.33. The van der Waals surface area contributed by atoms with E-state index in [2.05, 4.69) is 26.0 Å². The number of benzene rings is 1. The molecular formula is C14H21NO2. The first-order valence-corrected chi connectivity index (χ1v) is 5.81. The fourth-order valence-corrected chi connectivity index (χ4v) is 1.68. The van der Waals surface area contributed by atoms with Crippen LogP contribution in [-0.2, 0) is 11.2 Å². The van der Waals surface area contributed by atoms with Gasteiger partial charge in [-0.25, -0.2) is 0 Å². The number of hydrogen-bond donors (Lipinski definition) is 0. The van der Waals surface area contributed by atoms with Crippen LogP contribution in [0.15, 0.2) is 12.1 Å². The minimum absolute atomic E-state index is 0.0906. The number of rotatable bonds is 4. The minimum Gasteiger partial charge on any atom is -0.496 e. The van der Waals surface area contributed by atoms with Crippen LogP contribution in [0.25, 0.3) is 0 Å². The smallest absolute Gasteiger partial charge is 0.219 e. The molecule has 3 nitrogen and oxygen atoms in total. The summed E-state index contributed by atoms with van der Waals surface area (Å²) in [6.45, 7) is 6.46. The Bertz CT molecular complexity index is 413. The van der Waals surface area contributed by atoms with E-state index in [-0.39, 0.29) is 5.91 Å². The first-order valence-electron chi connectivity index (χ1n) is 5.81. The zero-order valence-corrected chi connectivity index (χ0v) is 11.3. The molecular weight excluding hydrogens is 214 g/mol. The summed E-state index contributed by atoms with van der Waals surface area (Å²) in [7, 11) is 3.50. The molecule has 0 atom stereocenters. The second-order valence-electron chi connectivity index (χ2n) is 4.44. The summed E-state index contributed by atoms with van der Waals surface area (Å²) in [4.78, 5) is 12.9. The highest BCUT2D eigenvalue weighted by molar-refractivity contribution is 5.72. The highest BCUT2D eigenvalue weighted by atomic mass is 16.5. The van der Waals surface area contributed by atoms with Crippen LogP contribution in [0.4, 0.5) is 0 Å². The Morgan fingerprint density at radius 1 is 1.29 bits per heavy atom. The lowest BCUT2D eigenvalue weighted by atomic mass is 10.0. The van der Waals surface area contributed by atoms with E-state index in [0.29, 0.717) is 6.54 Å². The van der Waals surface area contributed by atoms with E-state index in [1.54, 1.807) is 18.9 Å². The van der Waals surface area contributed by atoms with Crippen molar-refractivity contribution in [3.05, 3.63) is 28.8 Å². The van der Waals surface area contributed by atoms with E-state index >= 15 is 0 Å². The third-order valence-corrected chi connectivity index (χ3v) is 3.15. The molecule has 3 heteroatoms. The van der Waals surface area contributed by atoms with Crippen molar-refractivity contribution in [2.75, 3.05) is 20.7 Å². The summed E-state index contributed by atoms with van der Waals surface area (Å²) < 4.78 is 5.37. The molecule has 0 spiro atoms. The Labute approximate surface area is 103 Å². The van der Waals surface area contributed by atoms with E-state index < -0.39 is 0 Å². The molecule has 94 valence electrons. The van der Waals surface area contributed by atoms with Crippen LogP contribution in [0.2, 0.25) is 0 Å². The average Bonchev–Trinajstić information content (AvgIpc) is 2.29. The number of hydrogen-bond acceptors (Lipinski definition) is 2. The number of nitrogens with zero attached hydrogens (tertiary/aromatic N) is 1. The first kappa shape index (κ1) is 13.6. The molecule has 0 heterocycles. The second kappa shape index (κ2) is 5.71. The predicted molar refractivity (Wildman–Crippen MR) is 69.5 cm³/mol. The van der Waals surface area contributed by atoms with Crippen LogP contribution in [0, 0.1) is 13.8 Å². The van der Waals surface area contributed by atoms with Crippen LogP contribution < -0.4 is 4.74 Å². The summed E-state index contributed by atoms with van der Waals surface area (Å²) in [6, 6.07) is 4.20. The Kier molecular flexibility index (Phi) is 4.55. The second-order valence-corrected chi connectivity index (χ2v) is 4.44. The van der Waals surface area contributed by atoms with Gasteiger partial charge in [0.25, 0.3) is 0 Å². The standard InChI is InChI=1S/C14H21NO2/c1-10-8-13(6-7-15(4)12(3)16)14(17-5)9-11(10)2/h8-9H,6-7H2,1-5H3. The van der Waals surface area contributed by atoms with Gasteiger partial charge in [-0.15, -0.1) is 0 Å². The minimum atomic E-state index is 0.0906. The number of aryl methyl sites for hydroxylation is 2. The quantitative estimate of drug-likeness (QED) is 0.801. The van der Waals surface area contributed by atoms with Crippen molar-refractivity contribution < 1.29 is 9.53 Å². The Hall–Kier alpha value is -1.51. The molecule has 0 fully saturated rings. The van der Waals surface area contributed by atoms with E-state index in [1.807, 2.05) is 7.05 Å². The van der Waals surface area contributed by atoms with Crippen molar-refractivity contribution in [3.8, 4) is 5.75 Å². The van der Waals surface area contributed by atoms with Gasteiger partial charge >= 0.3 is 0 Å². The van der Waals surface area contributed by atoms with Gasteiger partial charge < -0.3 is 9.64 Å². The van der Waals surface area contributed by atoms with Gasteiger partial charge in [0.15, 0.2) is 0 Å². The SMILES string of the molecule is COc1cc(C)c(C)cc1CCN(C)C(C)=O. The van der Waals surface area contributed by atoms with Gasteiger partial charge in [-0.3, -0.25) is 4.79 Å². The molecule has 0 aliphatic carbocycles. The van der Waals surface area contributed by atoms with E-state index in [1.165, 1.54) is 11.1 Å². The average molecular weight is 235 g/mol. The van der Waals surface area contributed by atoms with Crippen molar-refractivity contribution >= 4 is 5.91 Å². The van der Waals surface area contributed by atoms with Gasteiger partial charge in [0.1, 0.15) is 5.75 Å². The molecule has 0 saturated carbocycles. The molecule has 0 unspecified atom stereocenters. The van der Waals surface area contributed by atoms with E-state index in [4.69, 9.17) is 4.74 Å². The Morgan fingerprint density at radius 3 is 2.41 bits per heavy atom. The molecule has 0 aliphatic heterocycles. The molecule has 0 bridgehead atoms. The molecule has 1 aromatic carbocycles. The number of ether oxygens (including phenoxy) is 1. The number of likely N-dealkylation sites (N-methyl/N-ethyl adjacent to an activating group) is 1. The fourth-order valence-electron chi connectivity index (χ4n) is 1.68. The number of carbonyl (C=O) groups excluding carboxylic acids is 1. The summed E-state index contributed by atoms with van der Waals surface area (Å²) in [5, 5.41) is 0. The molecule has 1 amide bonds. The maximum Gasteiger partial charge on any atom is 0.219 e. The highest BCUT2D eigenvalue weighted by Crippen LogP contribution is 2.23. The van der Waals surface area contributed by atoms with Gasteiger partial charge in [0.05, 0.1) is 7.11 Å². The molecule has 0 N–H and O–H groups in total. The first-order chi connectivity index (χ1) is 7.95. The molecule has 0 radical (unpaired) electrons. The normalized spacial score (nSPS) is 10.2. The number of methoxy groups -OCH3 is 1. The van der Waals surface area contributed by atoms with Crippen molar-refractivity contribution in [2.24, 2.45) is 0 Å². The molecule has 0 saturated heterocycles. The molecule has 1 rings (SSSR count). The third kappa shape index (κ3) is 3.48. The number of amides is 1. The van der Waals surface area contributed by atoms with Crippen LogP contribution in [-0.4, -0.2) is 31.5 Å². The van der Waals surface area contributed by atoms with Crippen molar-refractivity contribution in [1.82, 2.24) is 4.90 Å². The highest BCUT2D eigenvalue weighted by Gasteiger charge is 2.08. The maximum absolute atomic E-state index is 11.1. The third-order valence-electron chi connectivity index (χ3n) is 3.15. The zero-order chi connectivity index (χ0) is 13.0. The number of carbonyl (C=O) groups is 1. The van der Waals surface area contributed by atoms with Gasteiger partial charge in [0.2, 0.25) is 5.91 Å². The van der Waals surface area contributed by atoms with Crippen LogP contribution in [0.1, 0.15) is 23.6 Å². The molecule has 17 heavy (non-hydrogen) atoms. The van der Waals surface area contributed by atoms with Crippen molar-refractivity contribution in [3.63, 3.8) is 0 Å². The van der Waals surface area contributed by atoms with Crippen LogP contribution >= 0.6 is 0 Å². The van der Waals surface area contributed by atoms with Gasteiger partial charge in [-0.1, -0.05) is 6.07 Å². The Morgan fingerprint density at radius 2 is 1.88 bits per heavy atom. The molecule has 0 aromatic heterocycles. The lowest BCUT2D eigenvalue weighted by Crippen LogP contribution is -2.26. The fraction of sp³-hybridized carbons (Fsp3) is 0.500. The summed E-state index contributed by atoms with van der Waals surface area (Å²) in [5.41, 5.74) is 3.64. The molecule has 0 aliphatic rings. The van der Waals surface area contributed by atoms with Gasteiger partial charge in [-0.2, -0.15) is 0 Å². The van der Waals surface area contributed by atoms with Crippen LogP contribution in [0.5, 0.6) is 5.75 Å². The van der Waals surface area contributed by atoms with E-state index in [9.17, 15) is 4.79 Å². The van der Waals surface area contributed by atoms with Crippen LogP contribution in [0.3, 0.4) is 0 Å². The monoisotopic (exact) mass is 235 g/mol. The zero-order valence-electron chi connectivity index (χ0n) is 11.3. The van der Waals surface area contributed by atoms with Gasteiger partial charge in [0, 0.05) is 20.5 Å². The molecule has 1 aromatic rings. The lowest BCUT2D eigenvalue weighted by molar-refractivity contribution is -0.127. The lowest BCUT2D eigenvalue weighted by Gasteiger charge is -2.17. The maximum atomic E-state index is 11.1. The summed E-state index contributed by atoms with van der Waals surface area (Å²) in [5.74, 6) is 0.998. The van der Waals surface area contributed by atoms with E-state index in [0.717, 1.165) is 17.7 Å². The van der Waals surface area contributed by atoms with Crippen molar-refractivity contribution in [2.45, 2.75) is 27.2 Å². The van der Waals surface area contributed by atoms with Gasteiger partial charge in [-0.05, 0) is 43.0 Å². The van der Waals surface area contributed by atoms with Crippen molar-refractivity contribution in [1.29, 1.82) is 0 Å². The summed E-state index contributed by atoms with van der Waals surface area (Å²) >= 11 is 0. The largest absolute Gasteiger partial charge is 0.496 e. The summed E-state index contributed by atoms with van der Waals surface area (Å²) in [6.07, 6.45) is 0.820.